The molecule has 2 heterocycles. The second-order valence-electron chi connectivity index (χ2n) is 5.96. The average Bonchev–Trinajstić information content (AvgIpc) is 2.95. The van der Waals surface area contributed by atoms with Crippen molar-refractivity contribution in [2.24, 2.45) is 0 Å². The number of nitrogens with zero attached hydrogens (tertiary/aromatic N) is 2. The van der Waals surface area contributed by atoms with E-state index in [0.717, 1.165) is 40.5 Å². The highest BCUT2D eigenvalue weighted by atomic mass is 15.1. The minimum Gasteiger partial charge on any atom is -0.369 e. The van der Waals surface area contributed by atoms with Crippen molar-refractivity contribution in [3.63, 3.8) is 0 Å². The molecule has 3 aromatic rings. The molecule has 2 aromatic heterocycles. The summed E-state index contributed by atoms with van der Waals surface area (Å²) in [6.45, 7) is 5.23. The van der Waals surface area contributed by atoms with Crippen LogP contribution < -0.4 is 5.32 Å². The van der Waals surface area contributed by atoms with Gasteiger partial charge in [0, 0.05) is 17.8 Å². The molecule has 0 aliphatic heterocycles. The molecule has 120 valence electrons. The maximum absolute atomic E-state index is 4.76. The van der Waals surface area contributed by atoms with Crippen molar-refractivity contribution in [3.8, 4) is 11.4 Å². The quantitative estimate of drug-likeness (QED) is 0.609. The van der Waals surface area contributed by atoms with Crippen LogP contribution in [0.4, 0.5) is 5.82 Å². The first-order chi connectivity index (χ1) is 11.3. The van der Waals surface area contributed by atoms with Crippen molar-refractivity contribution < 1.29 is 0 Å². The second kappa shape index (κ2) is 7.27. The number of anilines is 1. The number of unbranched alkanes of at least 4 members (excludes halogenated alkanes) is 3. The third kappa shape index (κ3) is 3.70. The van der Waals surface area contributed by atoms with E-state index in [1.165, 1.54) is 25.7 Å². The van der Waals surface area contributed by atoms with Crippen LogP contribution in [0.2, 0.25) is 0 Å². The van der Waals surface area contributed by atoms with Gasteiger partial charge >= 0.3 is 0 Å². The molecule has 0 unspecified atom stereocenters. The smallest absolute Gasteiger partial charge is 0.163 e. The van der Waals surface area contributed by atoms with Crippen molar-refractivity contribution in [1.29, 1.82) is 0 Å². The Bertz CT molecular complexity index is 762. The van der Waals surface area contributed by atoms with E-state index in [0.29, 0.717) is 0 Å². The van der Waals surface area contributed by atoms with E-state index in [1.807, 2.05) is 30.3 Å². The second-order valence-corrected chi connectivity index (χ2v) is 5.96. The molecule has 0 bridgehead atoms. The van der Waals surface area contributed by atoms with Gasteiger partial charge in [-0.3, -0.25) is 0 Å². The number of H-pyrrole nitrogens is 1. The molecule has 0 amide bonds. The molecule has 4 nitrogen and oxygen atoms in total. The lowest BCUT2D eigenvalue weighted by Crippen LogP contribution is -2.05. The zero-order valence-corrected chi connectivity index (χ0v) is 13.9. The first kappa shape index (κ1) is 15.5. The van der Waals surface area contributed by atoms with Crippen LogP contribution >= 0.6 is 0 Å². The summed E-state index contributed by atoms with van der Waals surface area (Å²) in [5.41, 5.74) is 3.04. The zero-order chi connectivity index (χ0) is 16.1. The van der Waals surface area contributed by atoms with E-state index in [-0.39, 0.29) is 0 Å². The van der Waals surface area contributed by atoms with Crippen LogP contribution in [0.3, 0.4) is 0 Å². The summed E-state index contributed by atoms with van der Waals surface area (Å²) in [6.07, 6.45) is 4.98. The maximum atomic E-state index is 4.76. The number of rotatable bonds is 7. The molecule has 23 heavy (non-hydrogen) atoms. The monoisotopic (exact) mass is 308 g/mol. The van der Waals surface area contributed by atoms with Crippen LogP contribution in [0, 0.1) is 6.92 Å². The van der Waals surface area contributed by atoms with Crippen molar-refractivity contribution in [3.05, 3.63) is 42.1 Å². The SMILES string of the molecule is CCCCCCNc1nc(-c2ccccc2)nc2[nH]c(C)cc12. The minimum absolute atomic E-state index is 0.760. The third-order valence-corrected chi connectivity index (χ3v) is 3.98. The Hall–Kier alpha value is -2.36. The highest BCUT2D eigenvalue weighted by Gasteiger charge is 2.11. The van der Waals surface area contributed by atoms with Gasteiger partial charge in [-0.05, 0) is 19.4 Å². The highest BCUT2D eigenvalue weighted by Crippen LogP contribution is 2.25. The van der Waals surface area contributed by atoms with E-state index >= 15 is 0 Å². The summed E-state index contributed by atoms with van der Waals surface area (Å²) < 4.78 is 0. The summed E-state index contributed by atoms with van der Waals surface area (Å²) in [7, 11) is 0. The molecule has 0 aliphatic rings. The van der Waals surface area contributed by atoms with E-state index in [1.54, 1.807) is 0 Å². The molecule has 3 rings (SSSR count). The lowest BCUT2D eigenvalue weighted by Gasteiger charge is -2.09. The average molecular weight is 308 g/mol. The largest absolute Gasteiger partial charge is 0.369 e. The van der Waals surface area contributed by atoms with Crippen LogP contribution in [-0.4, -0.2) is 21.5 Å². The molecule has 0 spiro atoms. The van der Waals surface area contributed by atoms with Gasteiger partial charge in [0.25, 0.3) is 0 Å². The standard InChI is InChI=1S/C19H24N4/c1-3-4-5-9-12-20-18-16-13-14(2)21-19(16)23-17(22-18)15-10-7-6-8-11-15/h6-8,10-11,13H,3-5,9,12H2,1-2H3,(H2,20,21,22,23). The number of benzene rings is 1. The number of nitrogens with one attached hydrogen (secondary N) is 2. The van der Waals surface area contributed by atoms with E-state index in [9.17, 15) is 0 Å². The first-order valence-electron chi connectivity index (χ1n) is 8.44. The van der Waals surface area contributed by atoms with Crippen molar-refractivity contribution in [2.75, 3.05) is 11.9 Å². The van der Waals surface area contributed by atoms with Gasteiger partial charge in [-0.2, -0.15) is 0 Å². The molecule has 4 heteroatoms. The normalized spacial score (nSPS) is 11.0. The summed E-state index contributed by atoms with van der Waals surface area (Å²) >= 11 is 0. The van der Waals surface area contributed by atoms with Crippen LogP contribution in [0.25, 0.3) is 22.4 Å². The zero-order valence-electron chi connectivity index (χ0n) is 13.9. The number of hydrogen-bond donors (Lipinski definition) is 2. The van der Waals surface area contributed by atoms with Gasteiger partial charge in [0.1, 0.15) is 11.5 Å². The fraction of sp³-hybridized carbons (Fsp3) is 0.368. The Labute approximate surface area is 137 Å². The number of fused-ring (bicyclic) bond motifs is 1. The fourth-order valence-electron chi connectivity index (χ4n) is 2.75. The fourth-order valence-corrected chi connectivity index (χ4v) is 2.75. The van der Waals surface area contributed by atoms with Gasteiger partial charge in [0.05, 0.1) is 5.39 Å². The predicted molar refractivity (Wildman–Crippen MR) is 96.7 cm³/mol. The Morgan fingerprint density at radius 1 is 1.04 bits per heavy atom. The molecular formula is C19H24N4. The highest BCUT2D eigenvalue weighted by molar-refractivity contribution is 5.89. The number of aromatic amines is 1. The van der Waals surface area contributed by atoms with Crippen molar-refractivity contribution in [1.82, 2.24) is 15.0 Å². The number of aryl methyl sites for hydroxylation is 1. The summed E-state index contributed by atoms with van der Waals surface area (Å²) in [5.74, 6) is 1.69. The molecule has 0 saturated carbocycles. The molecule has 0 aliphatic carbocycles. The molecule has 0 atom stereocenters. The first-order valence-corrected chi connectivity index (χ1v) is 8.44. The molecule has 2 N–H and O–H groups in total. The van der Waals surface area contributed by atoms with Gasteiger partial charge in [-0.25, -0.2) is 9.97 Å². The van der Waals surface area contributed by atoms with Crippen molar-refractivity contribution in [2.45, 2.75) is 39.5 Å². The van der Waals surface area contributed by atoms with Crippen LogP contribution in [0.5, 0.6) is 0 Å². The van der Waals surface area contributed by atoms with Crippen molar-refractivity contribution >= 4 is 16.9 Å². The Morgan fingerprint density at radius 2 is 1.87 bits per heavy atom. The van der Waals surface area contributed by atoms with Crippen LogP contribution in [0.15, 0.2) is 36.4 Å². The van der Waals surface area contributed by atoms with Gasteiger partial charge in [0.2, 0.25) is 0 Å². The molecule has 0 saturated heterocycles. The Balaban J connectivity index is 1.88. The number of hydrogen-bond acceptors (Lipinski definition) is 3. The van der Waals surface area contributed by atoms with E-state index < -0.39 is 0 Å². The predicted octanol–water partition coefficient (Wildman–Crippen LogP) is 4.93. The number of aromatic nitrogens is 3. The minimum atomic E-state index is 0.760. The van der Waals surface area contributed by atoms with E-state index in [2.05, 4.69) is 35.2 Å². The molecular weight excluding hydrogens is 284 g/mol. The van der Waals surface area contributed by atoms with Crippen LogP contribution in [-0.2, 0) is 0 Å². The Morgan fingerprint density at radius 3 is 2.65 bits per heavy atom. The third-order valence-electron chi connectivity index (χ3n) is 3.98. The van der Waals surface area contributed by atoms with Gasteiger partial charge in [-0.1, -0.05) is 56.5 Å². The summed E-state index contributed by atoms with van der Waals surface area (Å²) in [4.78, 5) is 12.8. The summed E-state index contributed by atoms with van der Waals surface area (Å²) in [5, 5.41) is 4.57. The van der Waals surface area contributed by atoms with Crippen LogP contribution in [0.1, 0.15) is 38.3 Å². The molecule has 0 radical (unpaired) electrons. The van der Waals surface area contributed by atoms with Gasteiger partial charge in [-0.15, -0.1) is 0 Å². The van der Waals surface area contributed by atoms with Gasteiger partial charge in [0.15, 0.2) is 5.82 Å². The summed E-state index contributed by atoms with van der Waals surface area (Å²) in [6, 6.07) is 12.2. The lowest BCUT2D eigenvalue weighted by molar-refractivity contribution is 0.684. The van der Waals surface area contributed by atoms with Gasteiger partial charge < -0.3 is 10.3 Å². The molecule has 1 aromatic carbocycles. The topological polar surface area (TPSA) is 53.6 Å². The molecule has 0 fully saturated rings. The Kier molecular flexibility index (Phi) is 4.91. The van der Waals surface area contributed by atoms with E-state index in [4.69, 9.17) is 4.98 Å². The maximum Gasteiger partial charge on any atom is 0.163 e. The lowest BCUT2D eigenvalue weighted by atomic mass is 10.2.